The Morgan fingerprint density at radius 3 is 2.40 bits per heavy atom. The number of hydrogen-bond donors (Lipinski definition) is 1. The van der Waals surface area contributed by atoms with Crippen LogP contribution in [0.5, 0.6) is 5.75 Å². The minimum absolute atomic E-state index is 0.434. The van der Waals surface area contributed by atoms with Gasteiger partial charge in [-0.25, -0.2) is 0 Å². The number of ether oxygens (including phenoxy) is 1. The highest BCUT2D eigenvalue weighted by Gasteiger charge is 2.13. The van der Waals surface area contributed by atoms with Gasteiger partial charge in [0.15, 0.2) is 0 Å². The number of nitrogens with zero attached hydrogens (tertiary/aromatic N) is 1. The molecular weight excluding hydrogens is 388 g/mol. The van der Waals surface area contributed by atoms with Crippen LogP contribution >= 0.6 is 31.9 Å². The minimum Gasteiger partial charge on any atom is -0.486 e. The van der Waals surface area contributed by atoms with Gasteiger partial charge in [0.25, 0.3) is 0 Å². The highest BCUT2D eigenvalue weighted by molar-refractivity contribution is 9.11. The average Bonchev–Trinajstić information content (AvgIpc) is 2.69. The number of rotatable bonds is 5. The summed E-state index contributed by atoms with van der Waals surface area (Å²) in [6.45, 7) is 5.04. The van der Waals surface area contributed by atoms with E-state index in [2.05, 4.69) is 42.3 Å². The summed E-state index contributed by atoms with van der Waals surface area (Å²) in [7, 11) is 1.92. The lowest BCUT2D eigenvalue weighted by Gasteiger charge is -2.12. The number of aryl methyl sites for hydroxylation is 2. The Labute approximate surface area is 135 Å². The zero-order valence-electron chi connectivity index (χ0n) is 11.6. The molecule has 1 heterocycles. The molecule has 0 unspecified atom stereocenters. The second-order valence-electron chi connectivity index (χ2n) is 4.51. The Morgan fingerprint density at radius 1 is 1.25 bits per heavy atom. The summed E-state index contributed by atoms with van der Waals surface area (Å²) in [5.74, 6) is 1.58. The molecule has 4 nitrogen and oxygen atoms in total. The summed E-state index contributed by atoms with van der Waals surface area (Å²) in [6, 6.07) is 4.09. The first-order chi connectivity index (χ1) is 9.52. The Hall–Kier alpha value is -0.850. The van der Waals surface area contributed by atoms with E-state index in [9.17, 15) is 0 Å². The van der Waals surface area contributed by atoms with E-state index in [0.717, 1.165) is 38.3 Å². The summed E-state index contributed by atoms with van der Waals surface area (Å²) >= 11 is 7.09. The maximum absolute atomic E-state index is 5.89. The van der Waals surface area contributed by atoms with Crippen LogP contribution in [0.4, 0.5) is 0 Å². The van der Waals surface area contributed by atoms with Crippen LogP contribution in [0.1, 0.15) is 22.6 Å². The topological polar surface area (TPSA) is 47.3 Å². The van der Waals surface area contributed by atoms with E-state index in [-0.39, 0.29) is 0 Å². The maximum Gasteiger partial charge on any atom is 0.148 e. The molecule has 1 aromatic heterocycles. The molecule has 2 aromatic rings. The third-order valence-corrected chi connectivity index (χ3v) is 4.16. The highest BCUT2D eigenvalue weighted by atomic mass is 79.9. The van der Waals surface area contributed by atoms with E-state index in [0.29, 0.717) is 6.61 Å². The summed E-state index contributed by atoms with van der Waals surface area (Å²) in [5.41, 5.74) is 3.03. The standard InChI is InChI=1S/C14H16Br2N2O2/c1-8-11(9(2)20-18-8)7-19-14-12(15)4-10(6-17-3)5-13(14)16/h4-5,17H,6-7H2,1-3H3. The quantitative estimate of drug-likeness (QED) is 0.815. The van der Waals surface area contributed by atoms with E-state index >= 15 is 0 Å². The van der Waals surface area contributed by atoms with Crippen LogP contribution in [0.3, 0.4) is 0 Å². The Balaban J connectivity index is 2.18. The van der Waals surface area contributed by atoms with E-state index in [1.54, 1.807) is 0 Å². The second kappa shape index (κ2) is 6.74. The van der Waals surface area contributed by atoms with Gasteiger partial charge in [-0.1, -0.05) is 5.16 Å². The first-order valence-corrected chi connectivity index (χ1v) is 7.78. The van der Waals surface area contributed by atoms with Crippen LogP contribution in [0, 0.1) is 13.8 Å². The van der Waals surface area contributed by atoms with Crippen LogP contribution in [0.15, 0.2) is 25.6 Å². The Kier molecular flexibility index (Phi) is 5.23. The van der Waals surface area contributed by atoms with Crippen molar-refractivity contribution in [3.8, 4) is 5.75 Å². The molecule has 1 N–H and O–H groups in total. The average molecular weight is 404 g/mol. The Bertz CT molecular complexity index is 569. The van der Waals surface area contributed by atoms with Crippen molar-refractivity contribution >= 4 is 31.9 Å². The molecule has 108 valence electrons. The van der Waals surface area contributed by atoms with Crippen molar-refractivity contribution in [2.75, 3.05) is 7.05 Å². The van der Waals surface area contributed by atoms with Crippen LogP contribution in [0.2, 0.25) is 0 Å². The second-order valence-corrected chi connectivity index (χ2v) is 6.22. The SMILES string of the molecule is CNCc1cc(Br)c(OCc2c(C)noc2C)c(Br)c1. The molecule has 0 bridgehead atoms. The normalized spacial score (nSPS) is 10.8. The molecule has 0 aliphatic carbocycles. The predicted molar refractivity (Wildman–Crippen MR) is 84.9 cm³/mol. The van der Waals surface area contributed by atoms with Gasteiger partial charge < -0.3 is 14.6 Å². The van der Waals surface area contributed by atoms with Crippen LogP contribution < -0.4 is 10.1 Å². The summed E-state index contributed by atoms with van der Waals surface area (Å²) < 4.78 is 12.9. The fourth-order valence-electron chi connectivity index (χ4n) is 1.91. The van der Waals surface area contributed by atoms with E-state index < -0.39 is 0 Å². The summed E-state index contributed by atoms with van der Waals surface area (Å²) in [4.78, 5) is 0. The fourth-order valence-corrected chi connectivity index (χ4v) is 3.42. The van der Waals surface area contributed by atoms with Gasteiger partial charge in [0.05, 0.1) is 20.2 Å². The number of benzene rings is 1. The highest BCUT2D eigenvalue weighted by Crippen LogP contribution is 2.35. The van der Waals surface area contributed by atoms with Gasteiger partial charge in [0.1, 0.15) is 18.1 Å². The maximum atomic E-state index is 5.89. The first kappa shape index (κ1) is 15.5. The lowest BCUT2D eigenvalue weighted by molar-refractivity contribution is 0.298. The molecule has 0 saturated heterocycles. The zero-order chi connectivity index (χ0) is 14.7. The van der Waals surface area contributed by atoms with Crippen LogP contribution in [0.25, 0.3) is 0 Å². The molecule has 0 spiro atoms. The summed E-state index contributed by atoms with van der Waals surface area (Å²) in [5, 5.41) is 7.05. The number of nitrogens with one attached hydrogen (secondary N) is 1. The van der Waals surface area contributed by atoms with Gasteiger partial charge in [-0.05, 0) is 70.5 Å². The van der Waals surface area contributed by atoms with Crippen molar-refractivity contribution in [1.82, 2.24) is 10.5 Å². The van der Waals surface area contributed by atoms with Crippen LogP contribution in [-0.4, -0.2) is 12.2 Å². The molecular formula is C14H16Br2N2O2. The molecule has 2 rings (SSSR count). The smallest absolute Gasteiger partial charge is 0.148 e. The van der Waals surface area contributed by atoms with Gasteiger partial charge in [-0.3, -0.25) is 0 Å². The van der Waals surface area contributed by atoms with Crippen molar-refractivity contribution in [1.29, 1.82) is 0 Å². The van der Waals surface area contributed by atoms with Gasteiger partial charge in [-0.15, -0.1) is 0 Å². The largest absolute Gasteiger partial charge is 0.486 e. The number of halogens is 2. The third-order valence-electron chi connectivity index (χ3n) is 2.98. The number of aromatic nitrogens is 1. The third kappa shape index (κ3) is 3.42. The molecule has 0 radical (unpaired) electrons. The summed E-state index contributed by atoms with van der Waals surface area (Å²) in [6.07, 6.45) is 0. The molecule has 0 aliphatic heterocycles. The zero-order valence-corrected chi connectivity index (χ0v) is 14.8. The molecule has 0 saturated carbocycles. The lowest BCUT2D eigenvalue weighted by Crippen LogP contribution is -2.05. The molecule has 20 heavy (non-hydrogen) atoms. The van der Waals surface area contributed by atoms with E-state index in [4.69, 9.17) is 9.26 Å². The van der Waals surface area contributed by atoms with Crippen molar-refractivity contribution in [3.05, 3.63) is 43.7 Å². The molecule has 0 atom stereocenters. The monoisotopic (exact) mass is 402 g/mol. The first-order valence-electron chi connectivity index (χ1n) is 6.20. The Morgan fingerprint density at radius 2 is 1.90 bits per heavy atom. The van der Waals surface area contributed by atoms with Crippen molar-refractivity contribution in [2.24, 2.45) is 0 Å². The van der Waals surface area contributed by atoms with Gasteiger partial charge in [0, 0.05) is 6.54 Å². The van der Waals surface area contributed by atoms with Crippen LogP contribution in [-0.2, 0) is 13.2 Å². The van der Waals surface area contributed by atoms with Crippen molar-refractivity contribution < 1.29 is 9.26 Å². The van der Waals surface area contributed by atoms with Crippen molar-refractivity contribution in [2.45, 2.75) is 27.0 Å². The van der Waals surface area contributed by atoms with E-state index in [1.165, 1.54) is 5.56 Å². The van der Waals surface area contributed by atoms with Gasteiger partial charge in [-0.2, -0.15) is 0 Å². The molecule has 6 heteroatoms. The minimum atomic E-state index is 0.434. The molecule has 0 amide bonds. The lowest BCUT2D eigenvalue weighted by atomic mass is 10.2. The predicted octanol–water partition coefficient (Wildman–Crippen LogP) is 4.11. The van der Waals surface area contributed by atoms with Gasteiger partial charge in [0.2, 0.25) is 0 Å². The van der Waals surface area contributed by atoms with Gasteiger partial charge >= 0.3 is 0 Å². The molecule has 1 aromatic carbocycles. The van der Waals surface area contributed by atoms with E-state index in [1.807, 2.05) is 33.0 Å². The number of hydrogen-bond acceptors (Lipinski definition) is 4. The molecule has 0 aliphatic rings. The van der Waals surface area contributed by atoms with Crippen molar-refractivity contribution in [3.63, 3.8) is 0 Å². The molecule has 0 fully saturated rings. The fraction of sp³-hybridized carbons (Fsp3) is 0.357.